The first-order valence-electron chi connectivity index (χ1n) is 4.67. The minimum Gasteiger partial charge on any atom is -0.497 e. The van der Waals surface area contributed by atoms with E-state index in [2.05, 4.69) is 0 Å². The minimum atomic E-state index is -1.00. The average molecular weight is 218 g/mol. The Bertz CT molecular complexity index is 551. The number of carboxylic acid groups (broad SMARTS) is 1. The minimum absolute atomic E-state index is 0.505. The summed E-state index contributed by atoms with van der Waals surface area (Å²) in [5.41, 5.74) is 0.700. The van der Waals surface area contributed by atoms with E-state index in [9.17, 15) is 4.79 Å². The number of benzene rings is 1. The van der Waals surface area contributed by atoms with Gasteiger partial charge in [-0.3, -0.25) is 0 Å². The van der Waals surface area contributed by atoms with Gasteiger partial charge in [0.15, 0.2) is 0 Å². The summed E-state index contributed by atoms with van der Waals surface area (Å²) in [7, 11) is 1.59. The van der Waals surface area contributed by atoms with Crippen LogP contribution in [-0.4, -0.2) is 18.2 Å². The van der Waals surface area contributed by atoms with Gasteiger partial charge in [-0.25, -0.2) is 4.79 Å². The van der Waals surface area contributed by atoms with Crippen molar-refractivity contribution in [3.8, 4) is 5.75 Å². The molecule has 2 rings (SSSR count). The lowest BCUT2D eigenvalue weighted by atomic mass is 10.2. The van der Waals surface area contributed by atoms with Crippen LogP contribution in [0.4, 0.5) is 0 Å². The van der Waals surface area contributed by atoms with Crippen LogP contribution in [0.5, 0.6) is 5.75 Å². The lowest BCUT2D eigenvalue weighted by Crippen LogP contribution is -1.84. The molecule has 4 nitrogen and oxygen atoms in total. The number of rotatable bonds is 3. The summed E-state index contributed by atoms with van der Waals surface area (Å²) in [5, 5.41) is 9.36. The topological polar surface area (TPSA) is 59.7 Å². The van der Waals surface area contributed by atoms with Crippen LogP contribution in [0, 0.1) is 0 Å². The van der Waals surface area contributed by atoms with E-state index >= 15 is 0 Å². The van der Waals surface area contributed by atoms with Gasteiger partial charge in [0.1, 0.15) is 17.1 Å². The van der Waals surface area contributed by atoms with Crippen LogP contribution < -0.4 is 4.74 Å². The molecule has 0 saturated carbocycles. The molecule has 0 fully saturated rings. The first kappa shape index (κ1) is 10.3. The van der Waals surface area contributed by atoms with Crippen LogP contribution in [0.15, 0.2) is 34.8 Å². The molecule has 0 aliphatic heterocycles. The largest absolute Gasteiger partial charge is 0.497 e. The number of methoxy groups -OCH3 is 1. The fourth-order valence-corrected chi connectivity index (χ4v) is 1.40. The van der Waals surface area contributed by atoms with Gasteiger partial charge >= 0.3 is 5.97 Å². The van der Waals surface area contributed by atoms with Crippen molar-refractivity contribution in [1.29, 1.82) is 0 Å². The zero-order valence-corrected chi connectivity index (χ0v) is 8.64. The fourth-order valence-electron chi connectivity index (χ4n) is 1.40. The second-order valence-corrected chi connectivity index (χ2v) is 3.22. The van der Waals surface area contributed by atoms with E-state index in [0.29, 0.717) is 11.3 Å². The number of ether oxygens (including phenoxy) is 1. The predicted molar refractivity (Wildman–Crippen MR) is 59.4 cm³/mol. The monoisotopic (exact) mass is 218 g/mol. The lowest BCUT2D eigenvalue weighted by Gasteiger charge is -1.96. The van der Waals surface area contributed by atoms with E-state index in [0.717, 1.165) is 17.2 Å². The lowest BCUT2D eigenvalue weighted by molar-refractivity contribution is -0.131. The molecule has 4 heteroatoms. The molecule has 0 aliphatic rings. The van der Waals surface area contributed by atoms with Crippen molar-refractivity contribution in [1.82, 2.24) is 0 Å². The second kappa shape index (κ2) is 4.10. The Morgan fingerprint density at radius 1 is 1.44 bits per heavy atom. The van der Waals surface area contributed by atoms with Gasteiger partial charge in [-0.05, 0) is 30.3 Å². The molecule has 0 unspecified atom stereocenters. The molecule has 1 aromatic heterocycles. The molecule has 1 aromatic carbocycles. The van der Waals surface area contributed by atoms with Crippen molar-refractivity contribution >= 4 is 23.0 Å². The van der Waals surface area contributed by atoms with E-state index in [1.54, 1.807) is 25.3 Å². The van der Waals surface area contributed by atoms with E-state index in [-0.39, 0.29) is 0 Å². The summed E-state index contributed by atoms with van der Waals surface area (Å²) in [4.78, 5) is 10.3. The molecule has 1 N–H and O–H groups in total. The summed E-state index contributed by atoms with van der Waals surface area (Å²) in [6, 6.07) is 7.16. The first-order chi connectivity index (χ1) is 7.69. The van der Waals surface area contributed by atoms with Crippen LogP contribution in [0.1, 0.15) is 5.76 Å². The van der Waals surface area contributed by atoms with Gasteiger partial charge < -0.3 is 14.3 Å². The molecule has 0 bridgehead atoms. The molecule has 0 radical (unpaired) electrons. The highest BCUT2D eigenvalue weighted by atomic mass is 16.5. The van der Waals surface area contributed by atoms with Crippen molar-refractivity contribution in [2.24, 2.45) is 0 Å². The molecule has 16 heavy (non-hydrogen) atoms. The van der Waals surface area contributed by atoms with Crippen LogP contribution in [-0.2, 0) is 4.79 Å². The zero-order chi connectivity index (χ0) is 11.5. The number of aliphatic carboxylic acids is 1. The summed E-state index contributed by atoms with van der Waals surface area (Å²) in [6.45, 7) is 0. The number of carbonyl (C=O) groups is 1. The summed E-state index contributed by atoms with van der Waals surface area (Å²) < 4.78 is 10.5. The average Bonchev–Trinajstić information content (AvgIpc) is 2.67. The number of fused-ring (bicyclic) bond motifs is 1. The summed E-state index contributed by atoms with van der Waals surface area (Å²) >= 11 is 0. The van der Waals surface area contributed by atoms with E-state index < -0.39 is 5.97 Å². The molecule has 0 spiro atoms. The SMILES string of the molecule is COc1ccc2oc(C=CC(=O)O)cc2c1. The van der Waals surface area contributed by atoms with Gasteiger partial charge in [0.05, 0.1) is 7.11 Å². The molecular formula is C12H10O4. The standard InChI is InChI=1S/C12H10O4/c1-15-9-2-4-11-8(6-9)7-10(16-11)3-5-12(13)14/h2-7H,1H3,(H,13,14). The molecular weight excluding hydrogens is 208 g/mol. The first-order valence-corrected chi connectivity index (χ1v) is 4.67. The van der Waals surface area contributed by atoms with Crippen LogP contribution >= 0.6 is 0 Å². The normalized spacial score (nSPS) is 11.1. The van der Waals surface area contributed by atoms with Crippen LogP contribution in [0.3, 0.4) is 0 Å². The maximum absolute atomic E-state index is 10.3. The summed E-state index contributed by atoms with van der Waals surface area (Å²) in [6.07, 6.45) is 2.45. The number of hydrogen-bond donors (Lipinski definition) is 1. The Kier molecular flexibility index (Phi) is 2.64. The van der Waals surface area contributed by atoms with Crippen molar-refractivity contribution in [2.45, 2.75) is 0 Å². The fraction of sp³-hybridized carbons (Fsp3) is 0.0833. The molecule has 0 aliphatic carbocycles. The van der Waals surface area contributed by atoms with Gasteiger partial charge in [0.25, 0.3) is 0 Å². The summed E-state index contributed by atoms with van der Waals surface area (Å²) in [5.74, 6) is 0.241. The van der Waals surface area contributed by atoms with E-state index in [4.69, 9.17) is 14.3 Å². The molecule has 0 amide bonds. The van der Waals surface area contributed by atoms with Gasteiger partial charge in [-0.1, -0.05) is 0 Å². The predicted octanol–water partition coefficient (Wildman–Crippen LogP) is 2.54. The molecule has 2 aromatic rings. The van der Waals surface area contributed by atoms with E-state index in [1.165, 1.54) is 6.08 Å². The maximum Gasteiger partial charge on any atom is 0.328 e. The smallest absolute Gasteiger partial charge is 0.328 e. The van der Waals surface area contributed by atoms with Crippen molar-refractivity contribution in [3.63, 3.8) is 0 Å². The quantitative estimate of drug-likeness (QED) is 0.804. The van der Waals surface area contributed by atoms with Gasteiger partial charge in [0.2, 0.25) is 0 Å². The maximum atomic E-state index is 10.3. The second-order valence-electron chi connectivity index (χ2n) is 3.22. The highest BCUT2D eigenvalue weighted by molar-refractivity contribution is 5.87. The van der Waals surface area contributed by atoms with Crippen molar-refractivity contribution in [3.05, 3.63) is 36.1 Å². The van der Waals surface area contributed by atoms with Gasteiger partial charge in [0, 0.05) is 11.5 Å². The Balaban J connectivity index is 2.40. The zero-order valence-electron chi connectivity index (χ0n) is 8.64. The number of carboxylic acids is 1. The molecule has 0 saturated heterocycles. The Hall–Kier alpha value is -2.23. The molecule has 0 atom stereocenters. The van der Waals surface area contributed by atoms with E-state index in [1.807, 2.05) is 6.07 Å². The number of furan rings is 1. The highest BCUT2D eigenvalue weighted by Gasteiger charge is 2.02. The Morgan fingerprint density at radius 2 is 2.25 bits per heavy atom. The molecule has 1 heterocycles. The Labute approximate surface area is 91.7 Å². The third-order valence-electron chi connectivity index (χ3n) is 2.13. The molecule has 82 valence electrons. The van der Waals surface area contributed by atoms with Crippen molar-refractivity contribution in [2.75, 3.05) is 7.11 Å². The van der Waals surface area contributed by atoms with Crippen LogP contribution in [0.25, 0.3) is 17.0 Å². The highest BCUT2D eigenvalue weighted by Crippen LogP contribution is 2.24. The Morgan fingerprint density at radius 3 is 2.94 bits per heavy atom. The van der Waals surface area contributed by atoms with Crippen molar-refractivity contribution < 1.29 is 19.1 Å². The third-order valence-corrected chi connectivity index (χ3v) is 2.13. The van der Waals surface area contributed by atoms with Crippen LogP contribution in [0.2, 0.25) is 0 Å². The van der Waals surface area contributed by atoms with Gasteiger partial charge in [-0.2, -0.15) is 0 Å². The third kappa shape index (κ3) is 2.06. The number of hydrogen-bond acceptors (Lipinski definition) is 3. The van der Waals surface area contributed by atoms with Gasteiger partial charge in [-0.15, -0.1) is 0 Å².